The minimum Gasteiger partial charge on any atom is -0.491 e. The quantitative estimate of drug-likeness (QED) is 0.899. The molecule has 0 saturated heterocycles. The number of aliphatic carboxylic acids is 1. The van der Waals surface area contributed by atoms with Crippen molar-refractivity contribution in [2.45, 2.75) is 26.4 Å². The van der Waals surface area contributed by atoms with Crippen molar-refractivity contribution in [1.29, 1.82) is 0 Å². The summed E-state index contributed by atoms with van der Waals surface area (Å²) < 4.78 is 5.60. The van der Waals surface area contributed by atoms with Gasteiger partial charge in [-0.25, -0.2) is 0 Å². The molecule has 94 valence electrons. The Hall–Kier alpha value is -2.10. The number of carbonyl (C=O) groups is 1. The van der Waals surface area contributed by atoms with Gasteiger partial charge in [0, 0.05) is 5.39 Å². The second kappa shape index (κ2) is 5.04. The summed E-state index contributed by atoms with van der Waals surface area (Å²) in [5.41, 5.74) is 1.34. The molecule has 4 nitrogen and oxygen atoms in total. The third kappa shape index (κ3) is 2.97. The minimum atomic E-state index is -0.874. The smallest absolute Gasteiger partial charge is 0.309 e. The van der Waals surface area contributed by atoms with Crippen molar-refractivity contribution >= 4 is 16.9 Å². The van der Waals surface area contributed by atoms with E-state index in [0.717, 1.165) is 16.7 Å². The van der Waals surface area contributed by atoms with E-state index >= 15 is 0 Å². The molecular weight excluding hydrogens is 230 g/mol. The minimum absolute atomic E-state index is 0.0554. The normalized spacial score (nSPS) is 10.8. The molecule has 18 heavy (non-hydrogen) atoms. The van der Waals surface area contributed by atoms with Crippen LogP contribution in [0.2, 0.25) is 0 Å². The molecule has 0 aliphatic rings. The topological polar surface area (TPSA) is 59.4 Å². The number of fused-ring (bicyclic) bond motifs is 1. The fraction of sp³-hybridized carbons (Fsp3) is 0.286. The monoisotopic (exact) mass is 245 g/mol. The number of aromatic nitrogens is 1. The second-order valence-corrected chi connectivity index (χ2v) is 4.39. The van der Waals surface area contributed by atoms with E-state index in [2.05, 4.69) is 4.98 Å². The zero-order chi connectivity index (χ0) is 13.1. The molecule has 0 aliphatic carbocycles. The third-order valence-corrected chi connectivity index (χ3v) is 2.42. The maximum Gasteiger partial charge on any atom is 0.309 e. The second-order valence-electron chi connectivity index (χ2n) is 4.39. The van der Waals surface area contributed by atoms with Crippen LogP contribution in [0.3, 0.4) is 0 Å². The molecule has 0 amide bonds. The predicted octanol–water partition coefficient (Wildman–Crippen LogP) is 2.65. The van der Waals surface area contributed by atoms with Crippen LogP contribution in [0.15, 0.2) is 30.3 Å². The van der Waals surface area contributed by atoms with Crippen LogP contribution in [0.5, 0.6) is 5.75 Å². The summed E-state index contributed by atoms with van der Waals surface area (Å²) in [5.74, 6) is -0.0769. The predicted molar refractivity (Wildman–Crippen MR) is 68.8 cm³/mol. The SMILES string of the molecule is CC(C)Oc1ccc2nc(CC(=O)O)ccc2c1. The van der Waals surface area contributed by atoms with E-state index < -0.39 is 5.97 Å². The van der Waals surface area contributed by atoms with Gasteiger partial charge < -0.3 is 9.84 Å². The molecule has 0 bridgehead atoms. The van der Waals surface area contributed by atoms with Crippen molar-refractivity contribution in [2.24, 2.45) is 0 Å². The Kier molecular flexibility index (Phi) is 3.46. The highest BCUT2D eigenvalue weighted by Gasteiger charge is 2.05. The summed E-state index contributed by atoms with van der Waals surface area (Å²) in [4.78, 5) is 14.9. The Labute approximate surface area is 105 Å². The van der Waals surface area contributed by atoms with Crippen molar-refractivity contribution < 1.29 is 14.6 Å². The molecule has 1 heterocycles. The molecule has 0 aliphatic heterocycles. The van der Waals surface area contributed by atoms with Gasteiger partial charge in [-0.3, -0.25) is 9.78 Å². The first-order chi connectivity index (χ1) is 8.54. The van der Waals surface area contributed by atoms with Crippen LogP contribution in [-0.4, -0.2) is 22.2 Å². The summed E-state index contributed by atoms with van der Waals surface area (Å²) in [6.45, 7) is 3.94. The average molecular weight is 245 g/mol. The van der Waals surface area contributed by atoms with Gasteiger partial charge in [0.2, 0.25) is 0 Å². The molecule has 1 N–H and O–H groups in total. The van der Waals surface area contributed by atoms with Crippen molar-refractivity contribution in [1.82, 2.24) is 4.98 Å². The number of hydrogen-bond donors (Lipinski definition) is 1. The summed E-state index contributed by atoms with van der Waals surface area (Å²) in [5, 5.41) is 9.67. The average Bonchev–Trinajstić information content (AvgIpc) is 2.27. The lowest BCUT2D eigenvalue weighted by Crippen LogP contribution is -2.05. The number of nitrogens with zero attached hydrogens (tertiary/aromatic N) is 1. The number of rotatable bonds is 4. The Morgan fingerprint density at radius 3 is 2.78 bits per heavy atom. The zero-order valence-electron chi connectivity index (χ0n) is 10.4. The Bertz CT molecular complexity index is 578. The summed E-state index contributed by atoms with van der Waals surface area (Å²) in [6.07, 6.45) is 0.0712. The molecule has 0 spiro atoms. The zero-order valence-corrected chi connectivity index (χ0v) is 10.4. The lowest BCUT2D eigenvalue weighted by molar-refractivity contribution is -0.136. The van der Waals surface area contributed by atoms with Crippen LogP contribution in [-0.2, 0) is 11.2 Å². The van der Waals surface area contributed by atoms with E-state index in [1.807, 2.05) is 38.1 Å². The lowest BCUT2D eigenvalue weighted by atomic mass is 10.1. The van der Waals surface area contributed by atoms with Gasteiger partial charge in [-0.15, -0.1) is 0 Å². The number of carboxylic acid groups (broad SMARTS) is 1. The fourth-order valence-corrected chi connectivity index (χ4v) is 1.74. The molecule has 1 aromatic heterocycles. The van der Waals surface area contributed by atoms with Gasteiger partial charge in [-0.2, -0.15) is 0 Å². The van der Waals surface area contributed by atoms with Crippen LogP contribution < -0.4 is 4.74 Å². The van der Waals surface area contributed by atoms with Crippen molar-refractivity contribution in [3.8, 4) is 5.75 Å². The van der Waals surface area contributed by atoms with Gasteiger partial charge in [0.1, 0.15) is 5.75 Å². The van der Waals surface area contributed by atoms with Crippen LogP contribution in [0.4, 0.5) is 0 Å². The van der Waals surface area contributed by atoms with Gasteiger partial charge in [0.05, 0.1) is 23.7 Å². The van der Waals surface area contributed by atoms with E-state index in [9.17, 15) is 4.79 Å². The van der Waals surface area contributed by atoms with E-state index in [1.165, 1.54) is 0 Å². The molecule has 1 aromatic carbocycles. The molecule has 0 fully saturated rings. The maximum atomic E-state index is 10.6. The van der Waals surface area contributed by atoms with Gasteiger partial charge in [-0.1, -0.05) is 6.07 Å². The Morgan fingerprint density at radius 1 is 1.33 bits per heavy atom. The van der Waals surface area contributed by atoms with E-state index in [4.69, 9.17) is 9.84 Å². The van der Waals surface area contributed by atoms with Gasteiger partial charge in [0.15, 0.2) is 0 Å². The highest BCUT2D eigenvalue weighted by atomic mass is 16.5. The molecule has 2 aromatic rings. The van der Waals surface area contributed by atoms with Crippen molar-refractivity contribution in [3.05, 3.63) is 36.0 Å². The molecular formula is C14H15NO3. The van der Waals surface area contributed by atoms with E-state index in [1.54, 1.807) is 6.07 Å². The number of hydrogen-bond acceptors (Lipinski definition) is 3. The first kappa shape index (κ1) is 12.4. The standard InChI is InChI=1S/C14H15NO3/c1-9(2)18-12-5-6-13-10(7-12)3-4-11(15-13)8-14(16)17/h3-7,9H,8H2,1-2H3,(H,16,17). The largest absolute Gasteiger partial charge is 0.491 e. The summed E-state index contributed by atoms with van der Waals surface area (Å²) in [7, 11) is 0. The summed E-state index contributed by atoms with van der Waals surface area (Å²) in [6, 6.07) is 9.20. The lowest BCUT2D eigenvalue weighted by Gasteiger charge is -2.10. The number of pyridine rings is 1. The first-order valence-corrected chi connectivity index (χ1v) is 5.83. The molecule has 0 saturated carbocycles. The highest BCUT2D eigenvalue weighted by molar-refractivity contribution is 5.81. The van der Waals surface area contributed by atoms with Crippen LogP contribution in [0, 0.1) is 0 Å². The van der Waals surface area contributed by atoms with E-state index in [0.29, 0.717) is 5.69 Å². The van der Waals surface area contributed by atoms with Gasteiger partial charge >= 0.3 is 5.97 Å². The number of ether oxygens (including phenoxy) is 1. The molecule has 0 unspecified atom stereocenters. The molecule has 4 heteroatoms. The molecule has 0 atom stereocenters. The van der Waals surface area contributed by atoms with Gasteiger partial charge in [-0.05, 0) is 38.1 Å². The fourth-order valence-electron chi connectivity index (χ4n) is 1.74. The third-order valence-electron chi connectivity index (χ3n) is 2.42. The maximum absolute atomic E-state index is 10.6. The number of carboxylic acids is 1. The van der Waals surface area contributed by atoms with Crippen molar-refractivity contribution in [3.63, 3.8) is 0 Å². The Morgan fingerprint density at radius 2 is 2.11 bits per heavy atom. The van der Waals surface area contributed by atoms with Crippen LogP contribution in [0.1, 0.15) is 19.5 Å². The van der Waals surface area contributed by atoms with Crippen molar-refractivity contribution in [2.75, 3.05) is 0 Å². The van der Waals surface area contributed by atoms with E-state index in [-0.39, 0.29) is 12.5 Å². The number of benzene rings is 1. The highest BCUT2D eigenvalue weighted by Crippen LogP contribution is 2.21. The van der Waals surface area contributed by atoms with Crippen LogP contribution >= 0.6 is 0 Å². The molecule has 0 radical (unpaired) electrons. The Balaban J connectivity index is 2.32. The van der Waals surface area contributed by atoms with Crippen LogP contribution in [0.25, 0.3) is 10.9 Å². The summed E-state index contributed by atoms with van der Waals surface area (Å²) >= 11 is 0. The molecule has 2 rings (SSSR count). The van der Waals surface area contributed by atoms with Gasteiger partial charge in [0.25, 0.3) is 0 Å². The first-order valence-electron chi connectivity index (χ1n) is 5.83.